The summed E-state index contributed by atoms with van der Waals surface area (Å²) in [4.78, 5) is 20.4. The van der Waals surface area contributed by atoms with Gasteiger partial charge in [-0.3, -0.25) is 9.48 Å². The van der Waals surface area contributed by atoms with Gasteiger partial charge in [-0.15, -0.1) is 11.8 Å². The molecule has 32 heavy (non-hydrogen) atoms. The standard InChI is InChI=1S/C23H26BrN5O2S/c1-28-20(9-11-27-28)23(31-2)14-29(15-23)21-7-4-17(13-26-21)22(30)25-10-8-16-12-18(24)5-6-19(16)32-3/h4-7,9,11-13H,8,10,14-15H2,1-3H3,(H,25,30). The summed E-state index contributed by atoms with van der Waals surface area (Å²) in [6.45, 7) is 1.94. The first kappa shape index (κ1) is 22.8. The Kier molecular flexibility index (Phi) is 6.88. The molecule has 2 aromatic heterocycles. The van der Waals surface area contributed by atoms with Gasteiger partial charge < -0.3 is 15.0 Å². The first-order chi connectivity index (χ1) is 15.5. The Morgan fingerprint density at radius 2 is 2.09 bits per heavy atom. The summed E-state index contributed by atoms with van der Waals surface area (Å²) in [6, 6.07) is 11.9. The molecule has 1 saturated heterocycles. The molecule has 1 amide bonds. The molecule has 4 rings (SSSR count). The Bertz CT molecular complexity index is 1100. The number of carbonyl (C=O) groups is 1. The van der Waals surface area contributed by atoms with Crippen LogP contribution in [0.3, 0.4) is 0 Å². The van der Waals surface area contributed by atoms with Gasteiger partial charge in [0.05, 0.1) is 24.3 Å². The van der Waals surface area contributed by atoms with Crippen LogP contribution < -0.4 is 10.2 Å². The second kappa shape index (κ2) is 9.64. The first-order valence-electron chi connectivity index (χ1n) is 10.3. The van der Waals surface area contributed by atoms with Gasteiger partial charge in [-0.2, -0.15) is 5.10 Å². The van der Waals surface area contributed by atoms with Gasteiger partial charge in [-0.1, -0.05) is 15.9 Å². The van der Waals surface area contributed by atoms with Crippen LogP contribution in [0.1, 0.15) is 21.6 Å². The van der Waals surface area contributed by atoms with E-state index in [1.807, 2.05) is 36.0 Å². The fourth-order valence-electron chi connectivity index (χ4n) is 4.01. The number of aryl methyl sites for hydroxylation is 1. The molecule has 0 unspecified atom stereocenters. The monoisotopic (exact) mass is 515 g/mol. The van der Waals surface area contributed by atoms with Crippen LogP contribution >= 0.6 is 27.7 Å². The summed E-state index contributed by atoms with van der Waals surface area (Å²) in [5.41, 5.74) is 2.43. The quantitative estimate of drug-likeness (QED) is 0.461. The summed E-state index contributed by atoms with van der Waals surface area (Å²) in [7, 11) is 3.64. The fraction of sp³-hybridized carbons (Fsp3) is 0.348. The van der Waals surface area contributed by atoms with E-state index in [1.54, 1.807) is 31.3 Å². The number of thioether (sulfide) groups is 1. The molecule has 3 heterocycles. The summed E-state index contributed by atoms with van der Waals surface area (Å²) in [5, 5.41) is 7.25. The zero-order valence-electron chi connectivity index (χ0n) is 18.3. The maximum Gasteiger partial charge on any atom is 0.252 e. The number of methoxy groups -OCH3 is 1. The molecule has 0 radical (unpaired) electrons. The number of carbonyl (C=O) groups excluding carboxylic acids is 1. The number of amides is 1. The number of ether oxygens (including phenoxy) is 1. The molecule has 168 valence electrons. The molecule has 0 atom stereocenters. The number of hydrogen-bond acceptors (Lipinski definition) is 6. The third kappa shape index (κ3) is 4.55. The van der Waals surface area contributed by atoms with Gasteiger partial charge in [-0.25, -0.2) is 4.98 Å². The molecule has 1 fully saturated rings. The molecule has 3 aromatic rings. The van der Waals surface area contributed by atoms with Crippen LogP contribution in [-0.2, 0) is 23.8 Å². The highest BCUT2D eigenvalue weighted by Crippen LogP contribution is 2.37. The van der Waals surface area contributed by atoms with E-state index in [-0.39, 0.29) is 11.5 Å². The van der Waals surface area contributed by atoms with Crippen LogP contribution in [0.15, 0.2) is 58.2 Å². The lowest BCUT2D eigenvalue weighted by molar-refractivity contribution is -0.0447. The van der Waals surface area contributed by atoms with Gasteiger partial charge >= 0.3 is 0 Å². The predicted octanol–water partition coefficient (Wildman–Crippen LogP) is 3.63. The minimum Gasteiger partial charge on any atom is -0.368 e. The normalized spacial score (nSPS) is 14.8. The zero-order chi connectivity index (χ0) is 22.7. The van der Waals surface area contributed by atoms with E-state index in [9.17, 15) is 4.79 Å². The molecule has 1 aromatic carbocycles. The molecule has 9 heteroatoms. The predicted molar refractivity (Wildman–Crippen MR) is 130 cm³/mol. The van der Waals surface area contributed by atoms with Gasteiger partial charge in [-0.05, 0) is 54.6 Å². The minimum absolute atomic E-state index is 0.116. The van der Waals surface area contributed by atoms with Gasteiger partial charge in [0.25, 0.3) is 5.91 Å². The Morgan fingerprint density at radius 1 is 1.28 bits per heavy atom. The number of anilines is 1. The number of nitrogens with one attached hydrogen (secondary N) is 1. The number of rotatable bonds is 8. The topological polar surface area (TPSA) is 72.3 Å². The number of pyridine rings is 1. The van der Waals surface area contributed by atoms with Gasteiger partial charge in [0.1, 0.15) is 11.4 Å². The van der Waals surface area contributed by atoms with Crippen molar-refractivity contribution < 1.29 is 9.53 Å². The molecule has 7 nitrogen and oxygen atoms in total. The Morgan fingerprint density at radius 3 is 2.72 bits per heavy atom. The van der Waals surface area contributed by atoms with Crippen LogP contribution in [0, 0.1) is 0 Å². The van der Waals surface area contributed by atoms with Crippen molar-refractivity contribution in [1.82, 2.24) is 20.1 Å². The highest BCUT2D eigenvalue weighted by atomic mass is 79.9. The molecule has 0 spiro atoms. The van der Waals surface area contributed by atoms with Crippen molar-refractivity contribution in [2.75, 3.05) is 37.9 Å². The van der Waals surface area contributed by atoms with E-state index in [0.717, 1.165) is 22.4 Å². The largest absolute Gasteiger partial charge is 0.368 e. The highest BCUT2D eigenvalue weighted by Gasteiger charge is 2.47. The maximum atomic E-state index is 12.6. The number of halogens is 1. The lowest BCUT2D eigenvalue weighted by atomic mass is 9.90. The molecular weight excluding hydrogens is 490 g/mol. The molecule has 1 aliphatic rings. The van der Waals surface area contributed by atoms with E-state index in [1.165, 1.54) is 10.5 Å². The van der Waals surface area contributed by atoms with Crippen LogP contribution in [0.4, 0.5) is 5.82 Å². The van der Waals surface area contributed by atoms with Crippen molar-refractivity contribution in [3.05, 3.63) is 70.1 Å². The van der Waals surface area contributed by atoms with Gasteiger partial charge in [0.15, 0.2) is 0 Å². The van der Waals surface area contributed by atoms with E-state index < -0.39 is 0 Å². The van der Waals surface area contributed by atoms with Crippen molar-refractivity contribution in [2.45, 2.75) is 16.9 Å². The number of hydrogen-bond donors (Lipinski definition) is 1. The van der Waals surface area contributed by atoms with E-state index >= 15 is 0 Å². The summed E-state index contributed by atoms with van der Waals surface area (Å²) in [6.07, 6.45) is 6.24. The highest BCUT2D eigenvalue weighted by molar-refractivity contribution is 9.10. The molecule has 1 N–H and O–H groups in total. The van der Waals surface area contributed by atoms with Crippen molar-refractivity contribution in [3.8, 4) is 0 Å². The maximum absolute atomic E-state index is 12.6. The Labute approximate surface area is 200 Å². The molecule has 1 aliphatic heterocycles. The van der Waals surface area contributed by atoms with Gasteiger partial charge in [0.2, 0.25) is 0 Å². The average Bonchev–Trinajstić information content (AvgIpc) is 3.20. The number of nitrogens with zero attached hydrogens (tertiary/aromatic N) is 4. The average molecular weight is 516 g/mol. The van der Waals surface area contributed by atoms with Crippen LogP contribution in [-0.4, -0.2) is 53.7 Å². The lowest BCUT2D eigenvalue weighted by Crippen LogP contribution is -2.61. The second-order valence-electron chi connectivity index (χ2n) is 7.76. The SMILES string of the molecule is COC1(c2ccnn2C)CN(c2ccc(C(=O)NCCc3cc(Br)ccc3SC)cn2)C1. The van der Waals surface area contributed by atoms with Crippen molar-refractivity contribution in [3.63, 3.8) is 0 Å². The van der Waals surface area contributed by atoms with E-state index in [0.29, 0.717) is 25.2 Å². The molecule has 0 bridgehead atoms. The summed E-state index contributed by atoms with van der Waals surface area (Å²) >= 11 is 5.23. The third-order valence-electron chi connectivity index (χ3n) is 5.83. The van der Waals surface area contributed by atoms with Gasteiger partial charge in [0, 0.05) is 42.5 Å². The summed E-state index contributed by atoms with van der Waals surface area (Å²) < 4.78 is 8.71. The van der Waals surface area contributed by atoms with E-state index in [4.69, 9.17) is 4.74 Å². The fourth-order valence-corrected chi connectivity index (χ4v) is 5.05. The Hall–Kier alpha value is -2.36. The molecule has 0 aliphatic carbocycles. The third-order valence-corrected chi connectivity index (χ3v) is 7.16. The summed E-state index contributed by atoms with van der Waals surface area (Å²) in [5.74, 6) is 0.713. The Balaban J connectivity index is 1.33. The van der Waals surface area contributed by atoms with Crippen molar-refractivity contribution in [2.24, 2.45) is 7.05 Å². The minimum atomic E-state index is -0.384. The number of aromatic nitrogens is 3. The van der Waals surface area contributed by atoms with Crippen molar-refractivity contribution in [1.29, 1.82) is 0 Å². The van der Waals surface area contributed by atoms with Crippen LogP contribution in [0.2, 0.25) is 0 Å². The molecular formula is C23H26BrN5O2S. The van der Waals surface area contributed by atoms with E-state index in [2.05, 4.69) is 54.6 Å². The zero-order valence-corrected chi connectivity index (χ0v) is 20.7. The second-order valence-corrected chi connectivity index (χ2v) is 9.53. The first-order valence-corrected chi connectivity index (χ1v) is 12.3. The van der Waals surface area contributed by atoms with Crippen LogP contribution in [0.25, 0.3) is 0 Å². The van der Waals surface area contributed by atoms with Crippen LogP contribution in [0.5, 0.6) is 0 Å². The number of benzene rings is 1. The lowest BCUT2D eigenvalue weighted by Gasteiger charge is -2.49. The van der Waals surface area contributed by atoms with Crippen molar-refractivity contribution >= 4 is 39.4 Å². The molecule has 0 saturated carbocycles. The smallest absolute Gasteiger partial charge is 0.252 e.